The van der Waals surface area contributed by atoms with Crippen LogP contribution in [0.25, 0.3) is 11.0 Å². The number of benzene rings is 1. The highest BCUT2D eigenvalue weighted by Crippen LogP contribution is 2.13. The molecule has 0 radical (unpaired) electrons. The van der Waals surface area contributed by atoms with Gasteiger partial charge in [0.1, 0.15) is 5.69 Å². The lowest BCUT2D eigenvalue weighted by atomic mass is 10.1. The number of carbonyl (C=O) groups is 1. The van der Waals surface area contributed by atoms with Crippen LogP contribution in [-0.2, 0) is 6.54 Å². The van der Waals surface area contributed by atoms with Crippen molar-refractivity contribution in [1.82, 2.24) is 14.9 Å². The fourth-order valence-electron chi connectivity index (χ4n) is 2.51. The summed E-state index contributed by atoms with van der Waals surface area (Å²) in [4.78, 5) is 28.5. The van der Waals surface area contributed by atoms with Crippen LogP contribution in [0.15, 0.2) is 23.0 Å². The van der Waals surface area contributed by atoms with E-state index in [9.17, 15) is 9.59 Å². The number of fused-ring (bicyclic) bond motifs is 1. The first kappa shape index (κ1) is 16.2. The van der Waals surface area contributed by atoms with E-state index in [4.69, 9.17) is 0 Å². The van der Waals surface area contributed by atoms with Crippen molar-refractivity contribution >= 4 is 16.9 Å². The van der Waals surface area contributed by atoms with Gasteiger partial charge in [0.15, 0.2) is 0 Å². The molecule has 0 fully saturated rings. The van der Waals surface area contributed by atoms with Crippen LogP contribution in [0.3, 0.4) is 0 Å². The van der Waals surface area contributed by atoms with Crippen molar-refractivity contribution in [3.05, 3.63) is 39.8 Å². The number of carbonyl (C=O) groups excluding carboxylic acids is 1. The molecular weight excluding hydrogens is 278 g/mol. The summed E-state index contributed by atoms with van der Waals surface area (Å²) in [5.74, 6) is -0.0910. The van der Waals surface area contributed by atoms with Gasteiger partial charge in [-0.2, -0.15) is 0 Å². The Bertz CT molecular complexity index is 734. The van der Waals surface area contributed by atoms with Crippen LogP contribution in [0.1, 0.15) is 49.2 Å². The zero-order valence-electron chi connectivity index (χ0n) is 13.5. The predicted octanol–water partition coefficient (Wildman–Crippen LogP) is 2.64. The summed E-state index contributed by atoms with van der Waals surface area (Å²) in [6, 6.07) is 5.30. The first-order valence-corrected chi connectivity index (χ1v) is 7.87. The second-order valence-electron chi connectivity index (χ2n) is 5.41. The van der Waals surface area contributed by atoms with Gasteiger partial charge in [-0.1, -0.05) is 19.8 Å². The van der Waals surface area contributed by atoms with E-state index in [1.807, 2.05) is 6.92 Å². The van der Waals surface area contributed by atoms with Crippen molar-refractivity contribution in [2.45, 2.75) is 46.6 Å². The lowest BCUT2D eigenvalue weighted by Gasteiger charge is -2.10. The average Bonchev–Trinajstić information content (AvgIpc) is 2.52. The maximum Gasteiger partial charge on any atom is 0.272 e. The fraction of sp³-hybridized carbons (Fsp3) is 0.471. The third kappa shape index (κ3) is 3.35. The Morgan fingerprint density at radius 1 is 1.27 bits per heavy atom. The third-order valence-corrected chi connectivity index (χ3v) is 3.75. The minimum absolute atomic E-state index is 0.0771. The van der Waals surface area contributed by atoms with Crippen molar-refractivity contribution in [3.63, 3.8) is 0 Å². The summed E-state index contributed by atoms with van der Waals surface area (Å²) in [6.45, 7) is 7.03. The summed E-state index contributed by atoms with van der Waals surface area (Å²) in [5, 5.41) is 2.92. The third-order valence-electron chi connectivity index (χ3n) is 3.75. The number of hydrogen-bond donors (Lipinski definition) is 1. The van der Waals surface area contributed by atoms with E-state index >= 15 is 0 Å². The average molecular weight is 301 g/mol. The molecular formula is C17H23N3O2. The molecule has 1 N–H and O–H groups in total. The summed E-state index contributed by atoms with van der Waals surface area (Å²) in [7, 11) is 0. The van der Waals surface area contributed by atoms with Gasteiger partial charge in [0.25, 0.3) is 11.5 Å². The number of amides is 1. The number of rotatable bonds is 6. The maximum absolute atomic E-state index is 12.2. The quantitative estimate of drug-likeness (QED) is 0.834. The first-order chi connectivity index (χ1) is 10.6. The van der Waals surface area contributed by atoms with Crippen LogP contribution in [0.4, 0.5) is 0 Å². The minimum atomic E-state index is -0.0910. The Morgan fingerprint density at radius 2 is 2.05 bits per heavy atom. The van der Waals surface area contributed by atoms with Crippen molar-refractivity contribution in [2.24, 2.45) is 0 Å². The van der Waals surface area contributed by atoms with Crippen LogP contribution in [0, 0.1) is 6.92 Å². The molecule has 0 unspecified atom stereocenters. The molecule has 5 heteroatoms. The Labute approximate surface area is 130 Å². The largest absolute Gasteiger partial charge is 0.352 e. The second kappa shape index (κ2) is 7.20. The van der Waals surface area contributed by atoms with Gasteiger partial charge in [-0.05, 0) is 38.5 Å². The Balaban J connectivity index is 2.29. The highest BCUT2D eigenvalue weighted by Gasteiger charge is 2.10. The lowest BCUT2D eigenvalue weighted by Crippen LogP contribution is -2.25. The second-order valence-corrected chi connectivity index (χ2v) is 5.41. The summed E-state index contributed by atoms with van der Waals surface area (Å²) < 4.78 is 1.68. The number of aromatic nitrogens is 2. The number of unbranched alkanes of at least 4 members (excludes halogenated alkanes) is 2. The van der Waals surface area contributed by atoms with Gasteiger partial charge in [0.05, 0.1) is 11.0 Å². The van der Waals surface area contributed by atoms with Crippen molar-refractivity contribution in [2.75, 3.05) is 6.54 Å². The molecule has 0 saturated carbocycles. The van der Waals surface area contributed by atoms with Gasteiger partial charge >= 0.3 is 0 Å². The fourth-order valence-corrected chi connectivity index (χ4v) is 2.51. The molecule has 1 amide bonds. The Morgan fingerprint density at radius 3 is 2.73 bits per heavy atom. The maximum atomic E-state index is 12.2. The van der Waals surface area contributed by atoms with Crippen LogP contribution >= 0.6 is 0 Å². The molecule has 0 bridgehead atoms. The number of nitrogens with one attached hydrogen (secondary N) is 1. The molecule has 22 heavy (non-hydrogen) atoms. The Hall–Kier alpha value is -2.17. The molecule has 0 saturated heterocycles. The number of nitrogens with zero attached hydrogens (tertiary/aromatic N) is 2. The number of aryl methyl sites for hydroxylation is 2. The molecule has 1 heterocycles. The van der Waals surface area contributed by atoms with Gasteiger partial charge in [-0.25, -0.2) is 4.98 Å². The Kier molecular flexibility index (Phi) is 5.31. The van der Waals surface area contributed by atoms with E-state index < -0.39 is 0 Å². The number of hydrogen-bond acceptors (Lipinski definition) is 3. The van der Waals surface area contributed by atoms with Crippen molar-refractivity contribution in [3.8, 4) is 0 Å². The highest BCUT2D eigenvalue weighted by atomic mass is 16.1. The topological polar surface area (TPSA) is 64.0 Å². The molecule has 1 aromatic heterocycles. The van der Waals surface area contributed by atoms with Gasteiger partial charge in [-0.3, -0.25) is 9.59 Å². The van der Waals surface area contributed by atoms with Crippen LogP contribution in [0.5, 0.6) is 0 Å². The van der Waals surface area contributed by atoms with E-state index in [0.29, 0.717) is 29.9 Å². The molecule has 0 aliphatic rings. The first-order valence-electron chi connectivity index (χ1n) is 7.87. The molecule has 5 nitrogen and oxygen atoms in total. The van der Waals surface area contributed by atoms with Crippen LogP contribution < -0.4 is 10.9 Å². The smallest absolute Gasteiger partial charge is 0.272 e. The monoisotopic (exact) mass is 301 g/mol. The van der Waals surface area contributed by atoms with E-state index in [1.54, 1.807) is 29.7 Å². The van der Waals surface area contributed by atoms with Crippen LogP contribution in [-0.4, -0.2) is 22.0 Å². The molecule has 1 aromatic carbocycles. The SMILES string of the molecule is CCCCCNC(=O)c1ccc2c(c1)nc(C)c(=O)n2CC. The molecule has 2 rings (SSSR count). The predicted molar refractivity (Wildman–Crippen MR) is 88.3 cm³/mol. The van der Waals surface area contributed by atoms with E-state index in [0.717, 1.165) is 24.8 Å². The van der Waals surface area contributed by atoms with Crippen LogP contribution in [0.2, 0.25) is 0 Å². The zero-order valence-corrected chi connectivity index (χ0v) is 13.5. The van der Waals surface area contributed by atoms with E-state index in [2.05, 4.69) is 17.2 Å². The van der Waals surface area contributed by atoms with Gasteiger partial charge in [0.2, 0.25) is 0 Å². The molecule has 0 atom stereocenters. The molecule has 0 aliphatic heterocycles. The zero-order chi connectivity index (χ0) is 16.1. The normalized spacial score (nSPS) is 10.9. The molecule has 0 spiro atoms. The standard InChI is InChI=1S/C17H23N3O2/c1-4-6-7-10-18-16(21)13-8-9-15-14(11-13)19-12(3)17(22)20(15)5-2/h8-9,11H,4-7,10H2,1-3H3,(H,18,21). The van der Waals surface area contributed by atoms with E-state index in [1.165, 1.54) is 0 Å². The van der Waals surface area contributed by atoms with Gasteiger partial charge in [-0.15, -0.1) is 0 Å². The molecule has 118 valence electrons. The lowest BCUT2D eigenvalue weighted by molar-refractivity contribution is 0.0953. The van der Waals surface area contributed by atoms with Crippen molar-refractivity contribution in [1.29, 1.82) is 0 Å². The molecule has 2 aromatic rings. The summed E-state index contributed by atoms with van der Waals surface area (Å²) in [5.41, 5.74) is 2.40. The van der Waals surface area contributed by atoms with Crippen molar-refractivity contribution < 1.29 is 4.79 Å². The molecule has 0 aliphatic carbocycles. The summed E-state index contributed by atoms with van der Waals surface area (Å²) in [6.07, 6.45) is 3.23. The highest BCUT2D eigenvalue weighted by molar-refractivity contribution is 5.97. The van der Waals surface area contributed by atoms with Gasteiger partial charge in [0, 0.05) is 18.7 Å². The van der Waals surface area contributed by atoms with E-state index in [-0.39, 0.29) is 11.5 Å². The minimum Gasteiger partial charge on any atom is -0.352 e. The summed E-state index contributed by atoms with van der Waals surface area (Å²) >= 11 is 0. The van der Waals surface area contributed by atoms with Gasteiger partial charge < -0.3 is 9.88 Å².